The van der Waals surface area contributed by atoms with Crippen LogP contribution in [0.25, 0.3) is 17.1 Å². The van der Waals surface area contributed by atoms with E-state index in [0.29, 0.717) is 17.1 Å². The number of furan rings is 1. The summed E-state index contributed by atoms with van der Waals surface area (Å²) in [5, 5.41) is 7.68. The Morgan fingerprint density at radius 2 is 1.79 bits per heavy atom. The molecule has 2 aromatic heterocycles. The second-order valence-electron chi connectivity index (χ2n) is 6.75. The van der Waals surface area contributed by atoms with Crippen LogP contribution in [0.4, 0.5) is 0 Å². The van der Waals surface area contributed by atoms with Crippen LogP contribution in [0.5, 0.6) is 0 Å². The summed E-state index contributed by atoms with van der Waals surface area (Å²) in [6.07, 6.45) is 1.59. The Labute approximate surface area is 163 Å². The highest BCUT2D eigenvalue weighted by molar-refractivity contribution is 5.94. The third kappa shape index (κ3) is 3.60. The van der Waals surface area contributed by atoms with Gasteiger partial charge in [-0.1, -0.05) is 48.0 Å². The van der Waals surface area contributed by atoms with E-state index in [0.717, 1.165) is 16.8 Å². The first-order valence-electron chi connectivity index (χ1n) is 9.18. The quantitative estimate of drug-likeness (QED) is 0.541. The van der Waals surface area contributed by atoms with Gasteiger partial charge < -0.3 is 9.73 Å². The molecule has 2 heterocycles. The van der Waals surface area contributed by atoms with Crippen molar-refractivity contribution in [3.05, 3.63) is 95.9 Å². The molecule has 0 radical (unpaired) electrons. The monoisotopic (exact) mass is 371 g/mol. The van der Waals surface area contributed by atoms with Crippen molar-refractivity contribution in [2.75, 3.05) is 0 Å². The van der Waals surface area contributed by atoms with Gasteiger partial charge in [0.25, 0.3) is 5.91 Å². The third-order valence-electron chi connectivity index (χ3n) is 4.64. The highest BCUT2D eigenvalue weighted by Crippen LogP contribution is 2.23. The first-order chi connectivity index (χ1) is 13.6. The summed E-state index contributed by atoms with van der Waals surface area (Å²) in [5.41, 5.74) is 4.08. The van der Waals surface area contributed by atoms with Crippen molar-refractivity contribution in [1.82, 2.24) is 15.1 Å². The van der Waals surface area contributed by atoms with E-state index in [1.54, 1.807) is 23.1 Å². The number of nitrogens with one attached hydrogen (secondary N) is 1. The molecular weight excluding hydrogens is 350 g/mol. The van der Waals surface area contributed by atoms with Crippen LogP contribution in [0.15, 0.2) is 83.5 Å². The molecule has 0 aliphatic heterocycles. The summed E-state index contributed by atoms with van der Waals surface area (Å²) < 4.78 is 7.12. The first kappa shape index (κ1) is 17.8. The van der Waals surface area contributed by atoms with Crippen molar-refractivity contribution < 1.29 is 9.21 Å². The molecule has 5 nitrogen and oxygen atoms in total. The lowest BCUT2D eigenvalue weighted by Crippen LogP contribution is -2.28. The summed E-state index contributed by atoms with van der Waals surface area (Å²) in [7, 11) is 0. The maximum Gasteiger partial charge on any atom is 0.270 e. The van der Waals surface area contributed by atoms with E-state index < -0.39 is 0 Å². The molecule has 0 bridgehead atoms. The summed E-state index contributed by atoms with van der Waals surface area (Å²) in [5.74, 6) is 0.429. The first-order valence-corrected chi connectivity index (χ1v) is 9.18. The molecule has 0 saturated carbocycles. The number of aromatic nitrogens is 2. The SMILES string of the molecule is Cc1ccc(-n2nc(-c3ccco3)cc2C(=O)NC(C)c2ccccc2)cc1. The maximum absolute atomic E-state index is 13.1. The van der Waals surface area contributed by atoms with Gasteiger partial charge in [-0.3, -0.25) is 4.79 Å². The summed E-state index contributed by atoms with van der Waals surface area (Å²) in [6, 6.07) is 23.0. The van der Waals surface area contributed by atoms with Crippen LogP contribution in [-0.2, 0) is 0 Å². The molecule has 1 unspecified atom stereocenters. The number of benzene rings is 2. The van der Waals surface area contributed by atoms with Gasteiger partial charge in [0.15, 0.2) is 5.76 Å². The van der Waals surface area contributed by atoms with E-state index in [1.807, 2.05) is 74.5 Å². The summed E-state index contributed by atoms with van der Waals surface area (Å²) >= 11 is 0. The number of hydrogen-bond acceptors (Lipinski definition) is 3. The average Bonchev–Trinajstić information content (AvgIpc) is 3.39. The number of amides is 1. The molecule has 5 heteroatoms. The van der Waals surface area contributed by atoms with Crippen molar-refractivity contribution >= 4 is 5.91 Å². The Bertz CT molecular complexity index is 1070. The van der Waals surface area contributed by atoms with Gasteiger partial charge >= 0.3 is 0 Å². The smallest absolute Gasteiger partial charge is 0.270 e. The third-order valence-corrected chi connectivity index (χ3v) is 4.64. The van der Waals surface area contributed by atoms with Crippen LogP contribution in [0.1, 0.15) is 34.6 Å². The van der Waals surface area contributed by atoms with E-state index in [-0.39, 0.29) is 11.9 Å². The maximum atomic E-state index is 13.1. The molecule has 0 aliphatic rings. The second kappa shape index (κ2) is 7.56. The zero-order valence-electron chi connectivity index (χ0n) is 15.8. The van der Waals surface area contributed by atoms with E-state index in [9.17, 15) is 4.79 Å². The van der Waals surface area contributed by atoms with Gasteiger partial charge in [-0.2, -0.15) is 5.10 Å². The molecule has 2 aromatic carbocycles. The zero-order chi connectivity index (χ0) is 19.5. The van der Waals surface area contributed by atoms with Crippen molar-refractivity contribution in [1.29, 1.82) is 0 Å². The lowest BCUT2D eigenvalue weighted by Gasteiger charge is -2.15. The molecule has 0 saturated heterocycles. The lowest BCUT2D eigenvalue weighted by molar-refractivity contribution is 0.0932. The van der Waals surface area contributed by atoms with E-state index in [4.69, 9.17) is 4.42 Å². The van der Waals surface area contributed by atoms with E-state index in [1.165, 1.54) is 0 Å². The topological polar surface area (TPSA) is 60.1 Å². The van der Waals surface area contributed by atoms with Gasteiger partial charge in [0.2, 0.25) is 0 Å². The number of carbonyl (C=O) groups is 1. The van der Waals surface area contributed by atoms with E-state index in [2.05, 4.69) is 10.4 Å². The minimum absolute atomic E-state index is 0.123. The van der Waals surface area contributed by atoms with Crippen LogP contribution in [0, 0.1) is 6.92 Å². The normalized spacial score (nSPS) is 11.9. The number of aryl methyl sites for hydroxylation is 1. The number of rotatable bonds is 5. The van der Waals surface area contributed by atoms with Crippen LogP contribution >= 0.6 is 0 Å². The van der Waals surface area contributed by atoms with Gasteiger partial charge in [0.05, 0.1) is 18.0 Å². The van der Waals surface area contributed by atoms with Gasteiger partial charge in [0, 0.05) is 6.07 Å². The summed E-state index contributed by atoms with van der Waals surface area (Å²) in [6.45, 7) is 3.99. The Morgan fingerprint density at radius 3 is 2.46 bits per heavy atom. The Morgan fingerprint density at radius 1 is 1.04 bits per heavy atom. The second-order valence-corrected chi connectivity index (χ2v) is 6.75. The van der Waals surface area contributed by atoms with Crippen molar-refractivity contribution in [2.24, 2.45) is 0 Å². The average molecular weight is 371 g/mol. The van der Waals surface area contributed by atoms with Gasteiger partial charge in [-0.15, -0.1) is 0 Å². The van der Waals surface area contributed by atoms with Crippen molar-refractivity contribution in [3.63, 3.8) is 0 Å². The van der Waals surface area contributed by atoms with Gasteiger partial charge in [-0.05, 0) is 43.7 Å². The highest BCUT2D eigenvalue weighted by atomic mass is 16.3. The molecular formula is C23H21N3O2. The molecule has 140 valence electrons. The summed E-state index contributed by atoms with van der Waals surface area (Å²) in [4.78, 5) is 13.1. The van der Waals surface area contributed by atoms with Gasteiger partial charge in [0.1, 0.15) is 11.4 Å². The molecule has 0 aliphatic carbocycles. The minimum Gasteiger partial charge on any atom is -0.463 e. The molecule has 1 amide bonds. The predicted octanol–water partition coefficient (Wildman–Crippen LogP) is 4.93. The zero-order valence-corrected chi connectivity index (χ0v) is 15.8. The Hall–Kier alpha value is -3.60. The molecule has 0 spiro atoms. The van der Waals surface area contributed by atoms with Crippen LogP contribution < -0.4 is 5.32 Å². The fourth-order valence-electron chi connectivity index (χ4n) is 3.07. The lowest BCUT2D eigenvalue weighted by atomic mass is 10.1. The van der Waals surface area contributed by atoms with Crippen LogP contribution in [0.3, 0.4) is 0 Å². The molecule has 4 rings (SSSR count). The fraction of sp³-hybridized carbons (Fsp3) is 0.130. The standard InChI is InChI=1S/C23H21N3O2/c1-16-10-12-19(13-11-16)26-21(15-20(25-26)22-9-6-14-28-22)23(27)24-17(2)18-7-4-3-5-8-18/h3-15,17H,1-2H3,(H,24,27). The fourth-order valence-corrected chi connectivity index (χ4v) is 3.07. The van der Waals surface area contributed by atoms with Crippen molar-refractivity contribution in [3.8, 4) is 17.1 Å². The number of carbonyl (C=O) groups excluding carboxylic acids is 1. The number of nitrogens with zero attached hydrogens (tertiary/aromatic N) is 2. The van der Waals surface area contributed by atoms with Crippen molar-refractivity contribution in [2.45, 2.75) is 19.9 Å². The van der Waals surface area contributed by atoms with E-state index >= 15 is 0 Å². The van der Waals surface area contributed by atoms with Gasteiger partial charge in [-0.25, -0.2) is 4.68 Å². The molecule has 0 fully saturated rings. The van der Waals surface area contributed by atoms with Crippen LogP contribution in [-0.4, -0.2) is 15.7 Å². The minimum atomic E-state index is -0.192. The highest BCUT2D eigenvalue weighted by Gasteiger charge is 2.20. The molecule has 1 N–H and O–H groups in total. The largest absolute Gasteiger partial charge is 0.463 e. The predicted molar refractivity (Wildman–Crippen MR) is 108 cm³/mol. The molecule has 28 heavy (non-hydrogen) atoms. The molecule has 4 aromatic rings. The Balaban J connectivity index is 1.70. The van der Waals surface area contributed by atoms with Crippen LogP contribution in [0.2, 0.25) is 0 Å². The molecule has 1 atom stereocenters. The number of hydrogen-bond donors (Lipinski definition) is 1. The Kier molecular flexibility index (Phi) is 4.81.